The Hall–Kier alpha value is -2.47. The van der Waals surface area contributed by atoms with Crippen LogP contribution in [0.25, 0.3) is 0 Å². The van der Waals surface area contributed by atoms with Crippen molar-refractivity contribution in [2.24, 2.45) is 5.10 Å². The van der Waals surface area contributed by atoms with Crippen molar-refractivity contribution in [2.75, 3.05) is 6.61 Å². The normalized spacial score (nSPS) is 17.6. The number of allylic oxidation sites excluding steroid dienone is 1. The molecule has 0 saturated carbocycles. The van der Waals surface area contributed by atoms with Gasteiger partial charge in [0.05, 0.1) is 23.2 Å². The van der Waals surface area contributed by atoms with Gasteiger partial charge in [-0.3, -0.25) is 5.01 Å². The summed E-state index contributed by atoms with van der Waals surface area (Å²) in [5.41, 5.74) is 2.61. The maximum atomic E-state index is 13.3. The zero-order chi connectivity index (χ0) is 17.8. The molecule has 0 N–H and O–H groups in total. The van der Waals surface area contributed by atoms with Crippen LogP contribution in [0.15, 0.2) is 58.7 Å². The molecule has 0 unspecified atom stereocenters. The molecule has 0 saturated heterocycles. The molecule has 2 aromatic rings. The van der Waals surface area contributed by atoms with Crippen molar-refractivity contribution >= 4 is 23.0 Å². The molecule has 1 aliphatic heterocycles. The number of benzene rings is 1. The monoisotopic (exact) mass is 358 g/mol. The van der Waals surface area contributed by atoms with Gasteiger partial charge in [-0.2, -0.15) is 5.10 Å². The van der Waals surface area contributed by atoms with Crippen LogP contribution in [0.5, 0.6) is 0 Å². The van der Waals surface area contributed by atoms with Gasteiger partial charge in [-0.05, 0) is 43.0 Å². The predicted molar refractivity (Wildman–Crippen MR) is 96.8 cm³/mol. The van der Waals surface area contributed by atoms with Crippen LogP contribution in [-0.4, -0.2) is 23.3 Å². The Kier molecular flexibility index (Phi) is 5.28. The lowest BCUT2D eigenvalue weighted by atomic mass is 10.0. The van der Waals surface area contributed by atoms with Crippen molar-refractivity contribution in [3.05, 3.63) is 69.8 Å². The summed E-state index contributed by atoms with van der Waals surface area (Å²) < 4.78 is 18.3. The van der Waals surface area contributed by atoms with Gasteiger partial charge in [0.2, 0.25) is 0 Å². The van der Waals surface area contributed by atoms with Crippen LogP contribution >= 0.6 is 11.3 Å². The molecule has 0 radical (unpaired) electrons. The number of hydrogen-bond acceptors (Lipinski definition) is 5. The predicted octanol–water partition coefficient (Wildman–Crippen LogP) is 4.51. The average Bonchev–Trinajstić information content (AvgIpc) is 3.25. The summed E-state index contributed by atoms with van der Waals surface area (Å²) in [6.07, 6.45) is 2.14. The van der Waals surface area contributed by atoms with Crippen molar-refractivity contribution in [2.45, 2.75) is 26.3 Å². The molecule has 2 heterocycles. The molecule has 0 fully saturated rings. The van der Waals surface area contributed by atoms with Gasteiger partial charge in [-0.15, -0.1) is 11.3 Å². The van der Waals surface area contributed by atoms with Crippen molar-refractivity contribution in [3.63, 3.8) is 0 Å². The fourth-order valence-electron chi connectivity index (χ4n) is 2.79. The second-order valence-electron chi connectivity index (χ2n) is 5.68. The topological polar surface area (TPSA) is 41.9 Å². The van der Waals surface area contributed by atoms with Crippen LogP contribution in [0.1, 0.15) is 36.8 Å². The lowest BCUT2D eigenvalue weighted by Gasteiger charge is -2.24. The maximum Gasteiger partial charge on any atom is 0.332 e. The molecule has 4 nitrogen and oxygen atoms in total. The minimum Gasteiger partial charge on any atom is -0.463 e. The third kappa shape index (κ3) is 3.96. The summed E-state index contributed by atoms with van der Waals surface area (Å²) in [7, 11) is 0. The first kappa shape index (κ1) is 17.4. The Balaban J connectivity index is 1.93. The Morgan fingerprint density at radius 3 is 2.80 bits per heavy atom. The molecule has 1 aromatic heterocycles. The molecule has 0 aliphatic carbocycles. The summed E-state index contributed by atoms with van der Waals surface area (Å²) in [4.78, 5) is 12.9. The van der Waals surface area contributed by atoms with E-state index in [1.807, 2.05) is 29.4 Å². The Labute approximate surface area is 150 Å². The van der Waals surface area contributed by atoms with Crippen LogP contribution in [-0.2, 0) is 9.53 Å². The van der Waals surface area contributed by atoms with Gasteiger partial charge in [0.25, 0.3) is 0 Å². The zero-order valence-corrected chi connectivity index (χ0v) is 14.9. The number of rotatable bonds is 5. The average molecular weight is 358 g/mol. The Bertz CT molecular complexity index is 797. The summed E-state index contributed by atoms with van der Waals surface area (Å²) in [5, 5.41) is 8.54. The first-order valence-electron chi connectivity index (χ1n) is 8.09. The van der Waals surface area contributed by atoms with Gasteiger partial charge in [0.1, 0.15) is 5.82 Å². The third-order valence-electron chi connectivity index (χ3n) is 3.95. The van der Waals surface area contributed by atoms with E-state index in [9.17, 15) is 9.18 Å². The van der Waals surface area contributed by atoms with Crippen LogP contribution < -0.4 is 0 Å². The Morgan fingerprint density at radius 2 is 2.16 bits per heavy atom. The van der Waals surface area contributed by atoms with E-state index >= 15 is 0 Å². The molecule has 25 heavy (non-hydrogen) atoms. The van der Waals surface area contributed by atoms with Crippen LogP contribution in [0.4, 0.5) is 4.39 Å². The number of hydrogen-bond donors (Lipinski definition) is 0. The highest BCUT2D eigenvalue weighted by Gasteiger charge is 2.30. The number of esters is 1. The number of carbonyl (C=O) groups is 1. The highest BCUT2D eigenvalue weighted by atomic mass is 32.1. The molecule has 0 amide bonds. The summed E-state index contributed by atoms with van der Waals surface area (Å²) >= 11 is 1.63. The fourth-order valence-corrected chi connectivity index (χ4v) is 3.51. The molecule has 130 valence electrons. The highest BCUT2D eigenvalue weighted by Crippen LogP contribution is 2.36. The second kappa shape index (κ2) is 7.61. The van der Waals surface area contributed by atoms with Gasteiger partial charge >= 0.3 is 5.97 Å². The van der Waals surface area contributed by atoms with Gasteiger partial charge in [0.15, 0.2) is 0 Å². The van der Waals surface area contributed by atoms with E-state index in [1.165, 1.54) is 18.2 Å². The first-order valence-corrected chi connectivity index (χ1v) is 8.97. The van der Waals surface area contributed by atoms with Gasteiger partial charge < -0.3 is 4.74 Å². The number of carbonyl (C=O) groups excluding carboxylic acids is 1. The van der Waals surface area contributed by atoms with Gasteiger partial charge in [-0.1, -0.05) is 18.2 Å². The van der Waals surface area contributed by atoms with Crippen LogP contribution in [0, 0.1) is 5.82 Å². The number of thiophene rings is 1. The van der Waals surface area contributed by atoms with Gasteiger partial charge in [-0.25, -0.2) is 9.18 Å². The molecule has 1 aromatic carbocycles. The molecular weight excluding hydrogens is 339 g/mol. The number of nitrogens with zero attached hydrogens (tertiary/aromatic N) is 2. The molecule has 0 bridgehead atoms. The minimum absolute atomic E-state index is 0.0802. The first-order chi connectivity index (χ1) is 12.1. The summed E-state index contributed by atoms with van der Waals surface area (Å²) in [5.74, 6) is -0.663. The quantitative estimate of drug-likeness (QED) is 0.583. The summed E-state index contributed by atoms with van der Waals surface area (Å²) in [6.45, 7) is 3.92. The lowest BCUT2D eigenvalue weighted by molar-refractivity contribution is -0.137. The molecular formula is C19H19FN2O2S. The number of halogens is 1. The number of ether oxygens (including phenoxy) is 1. The van der Waals surface area contributed by atoms with Crippen molar-refractivity contribution in [1.82, 2.24) is 5.01 Å². The molecule has 1 aliphatic rings. The molecule has 1 atom stereocenters. The van der Waals surface area contributed by atoms with Crippen LogP contribution in [0.2, 0.25) is 0 Å². The lowest BCUT2D eigenvalue weighted by Crippen LogP contribution is -2.19. The second-order valence-corrected chi connectivity index (χ2v) is 6.63. The Morgan fingerprint density at radius 1 is 1.40 bits per heavy atom. The van der Waals surface area contributed by atoms with Crippen molar-refractivity contribution in [3.8, 4) is 0 Å². The van der Waals surface area contributed by atoms with E-state index in [2.05, 4.69) is 0 Å². The molecule has 3 rings (SSSR count). The smallest absolute Gasteiger partial charge is 0.332 e. The third-order valence-corrected chi connectivity index (χ3v) is 4.86. The molecule has 6 heteroatoms. The fraction of sp³-hybridized carbons (Fsp3) is 0.263. The van der Waals surface area contributed by atoms with Gasteiger partial charge in [0, 0.05) is 18.2 Å². The summed E-state index contributed by atoms with van der Waals surface area (Å²) in [6, 6.07) is 10.3. The maximum absolute atomic E-state index is 13.3. The van der Waals surface area contributed by atoms with E-state index in [0.717, 1.165) is 16.2 Å². The largest absolute Gasteiger partial charge is 0.463 e. The molecule has 0 spiro atoms. The number of hydrazone groups is 1. The van der Waals surface area contributed by atoms with E-state index in [-0.39, 0.29) is 11.9 Å². The minimum atomic E-state index is -0.391. The van der Waals surface area contributed by atoms with E-state index in [4.69, 9.17) is 9.84 Å². The SMILES string of the molecule is CCOC(=O)/C=C(\C)N1N=C(c2cccs2)C[C@H]1c1ccc(F)cc1. The van der Waals surface area contributed by atoms with E-state index in [1.54, 1.807) is 30.4 Å². The van der Waals surface area contributed by atoms with E-state index in [0.29, 0.717) is 18.7 Å². The standard InChI is InChI=1S/C19H19FN2O2S/c1-3-24-19(23)11-13(2)22-17(14-6-8-15(20)9-7-14)12-16(21-22)18-5-4-10-25-18/h4-11,17H,3,12H2,1-2H3/b13-11+/t17-/m0/s1. The van der Waals surface area contributed by atoms with Crippen LogP contribution in [0.3, 0.4) is 0 Å². The van der Waals surface area contributed by atoms with E-state index < -0.39 is 5.97 Å². The highest BCUT2D eigenvalue weighted by molar-refractivity contribution is 7.12. The van der Waals surface area contributed by atoms with Crippen molar-refractivity contribution < 1.29 is 13.9 Å². The van der Waals surface area contributed by atoms with Crippen molar-refractivity contribution in [1.29, 1.82) is 0 Å². The zero-order valence-electron chi connectivity index (χ0n) is 14.1.